The molecule has 0 heterocycles. The predicted octanol–water partition coefficient (Wildman–Crippen LogP) is 3.53. The minimum atomic E-state index is 1.22. The first-order valence-corrected chi connectivity index (χ1v) is 6.33. The topological polar surface area (TPSA) is 0 Å². The monoisotopic (exact) mass is 198 g/mol. The first kappa shape index (κ1) is 10.0. The first-order valence-electron chi connectivity index (χ1n) is 4.19. The van der Waals surface area contributed by atoms with Crippen LogP contribution in [0.15, 0.2) is 35.2 Å². The number of benzene rings is 1. The fourth-order valence-electron chi connectivity index (χ4n) is 0.880. The van der Waals surface area contributed by atoms with Crippen molar-refractivity contribution in [3.8, 4) is 0 Å². The lowest BCUT2D eigenvalue weighted by atomic mass is 10.4. The van der Waals surface area contributed by atoms with E-state index in [1.807, 2.05) is 23.5 Å². The summed E-state index contributed by atoms with van der Waals surface area (Å²) in [6.07, 6.45) is 0. The van der Waals surface area contributed by atoms with Gasteiger partial charge in [0.2, 0.25) is 0 Å². The maximum atomic E-state index is 2.21. The van der Waals surface area contributed by atoms with E-state index in [1.165, 1.54) is 22.2 Å². The molecule has 0 aliphatic rings. The van der Waals surface area contributed by atoms with E-state index in [0.717, 1.165) is 0 Å². The normalized spacial score (nSPS) is 10.1. The Balaban J connectivity index is 2.16. The van der Waals surface area contributed by atoms with Crippen LogP contribution in [-0.4, -0.2) is 17.3 Å². The van der Waals surface area contributed by atoms with Gasteiger partial charge in [-0.15, -0.1) is 11.8 Å². The second-order valence-electron chi connectivity index (χ2n) is 2.36. The summed E-state index contributed by atoms with van der Waals surface area (Å²) in [6, 6.07) is 10.6. The molecule has 0 aromatic heterocycles. The third-order valence-electron chi connectivity index (χ3n) is 1.44. The highest BCUT2D eigenvalue weighted by Crippen LogP contribution is 2.17. The van der Waals surface area contributed by atoms with Crippen molar-refractivity contribution in [2.75, 3.05) is 17.3 Å². The van der Waals surface area contributed by atoms with E-state index in [1.54, 1.807) is 0 Å². The molecule has 0 bridgehead atoms. The third-order valence-corrected chi connectivity index (χ3v) is 3.62. The molecule has 0 nitrogen and oxygen atoms in total. The summed E-state index contributed by atoms with van der Waals surface area (Å²) in [5.41, 5.74) is 0. The second kappa shape index (κ2) is 6.44. The molecule has 0 amide bonds. The third kappa shape index (κ3) is 4.07. The van der Waals surface area contributed by atoms with Gasteiger partial charge in [-0.25, -0.2) is 0 Å². The summed E-state index contributed by atoms with van der Waals surface area (Å²) in [5.74, 6) is 3.72. The minimum Gasteiger partial charge on any atom is -0.161 e. The largest absolute Gasteiger partial charge is 0.161 e. The van der Waals surface area contributed by atoms with E-state index in [4.69, 9.17) is 0 Å². The number of rotatable bonds is 5. The molecule has 0 aliphatic heterocycles. The van der Waals surface area contributed by atoms with Crippen LogP contribution in [0.3, 0.4) is 0 Å². The van der Waals surface area contributed by atoms with Gasteiger partial charge in [0.1, 0.15) is 0 Å². The Kier molecular flexibility index (Phi) is 5.37. The predicted molar refractivity (Wildman–Crippen MR) is 60.2 cm³/mol. The quantitative estimate of drug-likeness (QED) is 0.524. The van der Waals surface area contributed by atoms with Crippen LogP contribution < -0.4 is 0 Å². The molecule has 12 heavy (non-hydrogen) atoms. The van der Waals surface area contributed by atoms with Gasteiger partial charge >= 0.3 is 0 Å². The highest BCUT2D eigenvalue weighted by molar-refractivity contribution is 8.02. The average Bonchev–Trinajstić information content (AvgIpc) is 2.14. The Bertz CT molecular complexity index is 196. The summed E-state index contributed by atoms with van der Waals surface area (Å²) in [6.45, 7) is 2.21. The molecule has 2 heteroatoms. The molecule has 0 spiro atoms. The second-order valence-corrected chi connectivity index (χ2v) is 4.92. The van der Waals surface area contributed by atoms with E-state index in [0.29, 0.717) is 0 Å². The maximum Gasteiger partial charge on any atom is 0.00722 e. The van der Waals surface area contributed by atoms with Gasteiger partial charge < -0.3 is 0 Å². The number of hydrogen-bond acceptors (Lipinski definition) is 2. The molecule has 0 saturated heterocycles. The van der Waals surface area contributed by atoms with Gasteiger partial charge in [-0.2, -0.15) is 11.8 Å². The van der Waals surface area contributed by atoms with Gasteiger partial charge in [-0.3, -0.25) is 0 Å². The molecule has 1 aromatic rings. The summed E-state index contributed by atoms with van der Waals surface area (Å²) < 4.78 is 0. The maximum absolute atomic E-state index is 2.21. The van der Waals surface area contributed by atoms with Crippen molar-refractivity contribution in [3.63, 3.8) is 0 Å². The zero-order valence-corrected chi connectivity index (χ0v) is 8.96. The zero-order valence-electron chi connectivity index (χ0n) is 7.32. The van der Waals surface area contributed by atoms with E-state index in [-0.39, 0.29) is 0 Å². The van der Waals surface area contributed by atoms with Crippen LogP contribution in [0.4, 0.5) is 0 Å². The molecule has 0 N–H and O–H groups in total. The Hall–Kier alpha value is -0.0800. The highest BCUT2D eigenvalue weighted by Gasteiger charge is 1.91. The minimum absolute atomic E-state index is 1.22. The highest BCUT2D eigenvalue weighted by atomic mass is 32.2. The van der Waals surface area contributed by atoms with Crippen LogP contribution >= 0.6 is 23.5 Å². The lowest BCUT2D eigenvalue weighted by Crippen LogP contribution is -1.83. The van der Waals surface area contributed by atoms with Gasteiger partial charge in [0.25, 0.3) is 0 Å². The van der Waals surface area contributed by atoms with Gasteiger partial charge in [-0.1, -0.05) is 25.1 Å². The van der Waals surface area contributed by atoms with Gasteiger partial charge in [0, 0.05) is 16.4 Å². The van der Waals surface area contributed by atoms with E-state index < -0.39 is 0 Å². The van der Waals surface area contributed by atoms with Gasteiger partial charge in [-0.05, 0) is 17.9 Å². The Morgan fingerprint density at radius 2 is 1.83 bits per heavy atom. The first-order chi connectivity index (χ1) is 5.93. The smallest absolute Gasteiger partial charge is 0.00722 e. The van der Waals surface area contributed by atoms with E-state index >= 15 is 0 Å². The fraction of sp³-hybridized carbons (Fsp3) is 0.400. The molecule has 0 unspecified atom stereocenters. The molecule has 0 saturated carbocycles. The molecular formula is C10H14S2. The van der Waals surface area contributed by atoms with Crippen LogP contribution in [0.5, 0.6) is 0 Å². The number of hydrogen-bond donors (Lipinski definition) is 0. The Morgan fingerprint density at radius 3 is 2.50 bits per heavy atom. The fourth-order valence-corrected chi connectivity index (χ4v) is 2.56. The van der Waals surface area contributed by atoms with E-state index in [9.17, 15) is 0 Å². The Labute approximate surface area is 83.1 Å². The van der Waals surface area contributed by atoms with Crippen LogP contribution in [0, 0.1) is 0 Å². The molecule has 0 aliphatic carbocycles. The van der Waals surface area contributed by atoms with Gasteiger partial charge in [0.05, 0.1) is 0 Å². The van der Waals surface area contributed by atoms with Crippen LogP contribution in [0.25, 0.3) is 0 Å². The lowest BCUT2D eigenvalue weighted by molar-refractivity contribution is 1.43. The van der Waals surface area contributed by atoms with Crippen molar-refractivity contribution < 1.29 is 0 Å². The zero-order chi connectivity index (χ0) is 8.65. The van der Waals surface area contributed by atoms with E-state index in [2.05, 4.69) is 37.3 Å². The van der Waals surface area contributed by atoms with Crippen molar-refractivity contribution in [1.82, 2.24) is 0 Å². The molecule has 0 fully saturated rings. The average molecular weight is 198 g/mol. The van der Waals surface area contributed by atoms with Crippen molar-refractivity contribution in [2.24, 2.45) is 0 Å². The molecule has 66 valence electrons. The summed E-state index contributed by atoms with van der Waals surface area (Å²) in [5, 5.41) is 0. The van der Waals surface area contributed by atoms with Crippen LogP contribution in [0.1, 0.15) is 6.92 Å². The van der Waals surface area contributed by atoms with Crippen molar-refractivity contribution >= 4 is 23.5 Å². The molecular weight excluding hydrogens is 184 g/mol. The standard InChI is InChI=1S/C10H14S2/c1-2-11-8-9-12-10-6-4-3-5-7-10/h3-7H,2,8-9H2,1H3. The molecule has 0 atom stereocenters. The number of thioether (sulfide) groups is 2. The van der Waals surface area contributed by atoms with Crippen LogP contribution in [-0.2, 0) is 0 Å². The van der Waals surface area contributed by atoms with Crippen molar-refractivity contribution in [2.45, 2.75) is 11.8 Å². The summed E-state index contributed by atoms with van der Waals surface area (Å²) in [7, 11) is 0. The lowest BCUT2D eigenvalue weighted by Gasteiger charge is -1.99. The molecule has 0 radical (unpaired) electrons. The summed E-state index contributed by atoms with van der Waals surface area (Å²) >= 11 is 3.95. The SMILES string of the molecule is CCSCCSc1ccccc1. The summed E-state index contributed by atoms with van der Waals surface area (Å²) in [4.78, 5) is 1.38. The molecule has 1 aromatic carbocycles. The van der Waals surface area contributed by atoms with Crippen molar-refractivity contribution in [3.05, 3.63) is 30.3 Å². The molecule has 1 rings (SSSR count). The van der Waals surface area contributed by atoms with Crippen molar-refractivity contribution in [1.29, 1.82) is 0 Å². The van der Waals surface area contributed by atoms with Crippen LogP contribution in [0.2, 0.25) is 0 Å². The Morgan fingerprint density at radius 1 is 1.08 bits per heavy atom. The van der Waals surface area contributed by atoms with Gasteiger partial charge in [0.15, 0.2) is 0 Å².